The Balaban J connectivity index is 0.779. The Morgan fingerprint density at radius 3 is 0.906 bits per heavy atom. The molecule has 0 bridgehead atoms. The highest BCUT2D eigenvalue weighted by Crippen LogP contribution is 2.64. The van der Waals surface area contributed by atoms with Crippen LogP contribution in [0.15, 0.2) is 291 Å². The Hall–Kier alpha value is -10.8. The highest BCUT2D eigenvalue weighted by molar-refractivity contribution is 6.14. The van der Waals surface area contributed by atoms with Crippen molar-refractivity contribution in [1.82, 2.24) is 9.13 Å². The minimum atomic E-state index is -0.546. The molecule has 14 aromatic carbocycles. The number of nitrogens with zero attached hydrogens (tertiary/aromatic N) is 2. The van der Waals surface area contributed by atoms with Gasteiger partial charge in [0.2, 0.25) is 0 Å². The van der Waals surface area contributed by atoms with Crippen molar-refractivity contribution in [3.05, 3.63) is 325 Å². The molecular weight excluding hydrogens is 1020 g/mol. The van der Waals surface area contributed by atoms with Crippen molar-refractivity contribution in [2.75, 3.05) is 0 Å². The van der Waals surface area contributed by atoms with Gasteiger partial charge in [0.25, 0.3) is 0 Å². The van der Waals surface area contributed by atoms with Gasteiger partial charge < -0.3 is 9.13 Å². The molecule has 2 heteroatoms. The number of para-hydroxylation sites is 2. The van der Waals surface area contributed by atoms with Crippen molar-refractivity contribution in [2.24, 2.45) is 0 Å². The molecule has 2 aromatic heterocycles. The Labute approximate surface area is 493 Å². The molecule has 2 nitrogen and oxygen atoms in total. The second-order valence-corrected chi connectivity index (χ2v) is 23.6. The van der Waals surface area contributed by atoms with Gasteiger partial charge in [0.05, 0.1) is 27.5 Å². The van der Waals surface area contributed by atoms with Crippen LogP contribution < -0.4 is 0 Å². The van der Waals surface area contributed by atoms with E-state index in [4.69, 9.17) is 0 Å². The molecule has 0 aliphatic heterocycles. The van der Waals surface area contributed by atoms with Crippen LogP contribution >= 0.6 is 0 Å². The molecule has 0 N–H and O–H groups in total. The summed E-state index contributed by atoms with van der Waals surface area (Å²) in [7, 11) is 0. The molecule has 0 atom stereocenters. The van der Waals surface area contributed by atoms with Crippen LogP contribution in [-0.4, -0.2) is 9.13 Å². The van der Waals surface area contributed by atoms with Crippen molar-refractivity contribution < 1.29 is 0 Å². The van der Waals surface area contributed by atoms with E-state index in [1.807, 2.05) is 0 Å². The predicted molar refractivity (Wildman–Crippen MR) is 358 cm³/mol. The molecule has 0 radical (unpaired) electrons. The predicted octanol–water partition coefficient (Wildman–Crippen LogP) is 21.8. The first-order valence-electron chi connectivity index (χ1n) is 29.7. The monoisotopic (exact) mass is 1080 g/mol. The van der Waals surface area contributed by atoms with E-state index < -0.39 is 5.41 Å². The van der Waals surface area contributed by atoms with E-state index in [2.05, 4.69) is 314 Å². The van der Waals surface area contributed by atoms with Gasteiger partial charge in [-0.1, -0.05) is 230 Å². The number of hydrogen-bond donors (Lipinski definition) is 0. The minimum absolute atomic E-state index is 0.546. The van der Waals surface area contributed by atoms with Crippen LogP contribution in [0.2, 0.25) is 0 Å². The van der Waals surface area contributed by atoms with Crippen LogP contribution in [0.1, 0.15) is 33.4 Å². The molecule has 2 aliphatic rings. The van der Waals surface area contributed by atoms with Gasteiger partial charge in [-0.25, -0.2) is 0 Å². The van der Waals surface area contributed by atoms with Gasteiger partial charge in [-0.2, -0.15) is 0 Å². The Morgan fingerprint density at radius 1 is 0.212 bits per heavy atom. The summed E-state index contributed by atoms with van der Waals surface area (Å²) in [6.07, 6.45) is 0. The third kappa shape index (κ3) is 6.82. The third-order valence-electron chi connectivity index (χ3n) is 19.1. The molecule has 0 saturated heterocycles. The SMILES string of the molecule is Cc1ccc(-n2c3ccccc3c3cc(-c4ccc(-c5ccc6c(c5)C5(c7ccccc7-c7ccccc75)c5cc(-c7ccc(-c8ccc9c(c8)c8ccccc8n9-c8ccc(C)cc8)c8ccccc78)ccc5-6)c5ccccc45)ccc32)cc1. The first-order valence-corrected chi connectivity index (χ1v) is 29.7. The zero-order valence-corrected chi connectivity index (χ0v) is 47.1. The van der Waals surface area contributed by atoms with E-state index in [9.17, 15) is 0 Å². The first-order chi connectivity index (χ1) is 42.0. The number of benzene rings is 14. The number of hydrogen-bond acceptors (Lipinski definition) is 0. The molecule has 1 spiro atoms. The Bertz CT molecular complexity index is 5150. The van der Waals surface area contributed by atoms with Gasteiger partial charge in [-0.05, 0) is 197 Å². The second-order valence-electron chi connectivity index (χ2n) is 23.6. The zero-order valence-electron chi connectivity index (χ0n) is 47.1. The van der Waals surface area contributed by atoms with Crippen molar-refractivity contribution in [1.29, 1.82) is 0 Å². The fourth-order valence-corrected chi connectivity index (χ4v) is 15.3. The molecule has 0 amide bonds. The zero-order chi connectivity index (χ0) is 56.1. The number of fused-ring (bicyclic) bond motifs is 18. The van der Waals surface area contributed by atoms with E-state index >= 15 is 0 Å². The largest absolute Gasteiger partial charge is 0.309 e. The molecular formula is C83H54N2. The lowest BCUT2D eigenvalue weighted by molar-refractivity contribution is 0.794. The van der Waals surface area contributed by atoms with E-state index in [1.54, 1.807) is 0 Å². The summed E-state index contributed by atoms with van der Waals surface area (Å²) in [5.74, 6) is 0. The minimum Gasteiger partial charge on any atom is -0.309 e. The fourth-order valence-electron chi connectivity index (χ4n) is 15.3. The standard InChI is InChI=1S/C83H54N2/c1-51-27-35-57(36-28-51)84-79-25-13-9-21-71(79)73-47-53(33-45-81(73)84)59-41-43-61(65-17-5-3-15-63(59)65)55-31-39-69-70-40-32-56(50-78(70)83(77(69)49-55)75-23-11-7-19-67(75)68-20-8-12-24-76(68)83)62-44-42-60(64-16-4-6-18-66(62)64)54-34-46-82-74(48-54)72-22-10-14-26-80(72)85(82)58-37-29-52(2)30-38-58/h3-50H,1-2H3. The number of rotatable bonds is 6. The number of aryl methyl sites for hydroxylation is 2. The molecule has 18 rings (SSSR count). The molecule has 85 heavy (non-hydrogen) atoms. The third-order valence-corrected chi connectivity index (χ3v) is 19.1. The van der Waals surface area contributed by atoms with E-state index in [0.29, 0.717) is 0 Å². The average Bonchev–Trinajstić information content (AvgIpc) is 1.57. The summed E-state index contributed by atoms with van der Waals surface area (Å²) in [5, 5.41) is 9.98. The maximum Gasteiger partial charge on any atom is 0.0725 e. The Kier molecular flexibility index (Phi) is 10.2. The molecule has 2 aliphatic carbocycles. The topological polar surface area (TPSA) is 9.86 Å². The van der Waals surface area contributed by atoms with Crippen molar-refractivity contribution in [2.45, 2.75) is 19.3 Å². The summed E-state index contributed by atoms with van der Waals surface area (Å²) in [5.41, 5.74) is 29.4. The normalized spacial score (nSPS) is 12.9. The summed E-state index contributed by atoms with van der Waals surface area (Å²) in [6, 6.07) is 110. The van der Waals surface area contributed by atoms with Crippen molar-refractivity contribution in [3.63, 3.8) is 0 Å². The van der Waals surface area contributed by atoms with Gasteiger partial charge in [0.15, 0.2) is 0 Å². The van der Waals surface area contributed by atoms with Crippen LogP contribution in [0.5, 0.6) is 0 Å². The van der Waals surface area contributed by atoms with Crippen LogP contribution in [0.25, 0.3) is 143 Å². The van der Waals surface area contributed by atoms with Crippen molar-refractivity contribution >= 4 is 65.2 Å². The van der Waals surface area contributed by atoms with Crippen LogP contribution in [0.3, 0.4) is 0 Å². The second kappa shape index (κ2) is 18.1. The molecule has 396 valence electrons. The molecule has 0 unspecified atom stereocenters. The average molecular weight is 1080 g/mol. The summed E-state index contributed by atoms with van der Waals surface area (Å²) in [4.78, 5) is 0. The summed E-state index contributed by atoms with van der Waals surface area (Å²) < 4.78 is 4.81. The van der Waals surface area contributed by atoms with Gasteiger partial charge in [-0.15, -0.1) is 0 Å². The quantitative estimate of drug-likeness (QED) is 0.157. The highest BCUT2D eigenvalue weighted by atomic mass is 15.0. The molecule has 2 heterocycles. The van der Waals surface area contributed by atoms with E-state index in [1.165, 1.54) is 177 Å². The number of aromatic nitrogens is 2. The fraction of sp³-hybridized carbons (Fsp3) is 0.0361. The molecule has 16 aromatic rings. The molecule has 0 saturated carbocycles. The summed E-state index contributed by atoms with van der Waals surface area (Å²) >= 11 is 0. The van der Waals surface area contributed by atoms with Gasteiger partial charge in [-0.3, -0.25) is 0 Å². The van der Waals surface area contributed by atoms with E-state index in [-0.39, 0.29) is 0 Å². The van der Waals surface area contributed by atoms with Crippen LogP contribution in [-0.2, 0) is 5.41 Å². The maximum absolute atomic E-state index is 2.54. The highest BCUT2D eigenvalue weighted by Gasteiger charge is 2.52. The Morgan fingerprint density at radius 2 is 0.506 bits per heavy atom. The maximum atomic E-state index is 2.54. The summed E-state index contributed by atoms with van der Waals surface area (Å²) in [6.45, 7) is 4.30. The van der Waals surface area contributed by atoms with Crippen LogP contribution in [0.4, 0.5) is 0 Å². The van der Waals surface area contributed by atoms with Gasteiger partial charge in [0.1, 0.15) is 0 Å². The molecule has 0 fully saturated rings. The lowest BCUT2D eigenvalue weighted by Gasteiger charge is -2.31. The lowest BCUT2D eigenvalue weighted by Crippen LogP contribution is -2.26. The van der Waals surface area contributed by atoms with Gasteiger partial charge >= 0.3 is 0 Å². The first kappa shape index (κ1) is 47.8. The lowest BCUT2D eigenvalue weighted by atomic mass is 9.70. The van der Waals surface area contributed by atoms with Crippen LogP contribution in [0, 0.1) is 13.8 Å². The smallest absolute Gasteiger partial charge is 0.0725 e. The van der Waals surface area contributed by atoms with Crippen molar-refractivity contribution in [3.8, 4) is 78.1 Å². The van der Waals surface area contributed by atoms with E-state index in [0.717, 1.165) is 0 Å². The van der Waals surface area contributed by atoms with Gasteiger partial charge in [0, 0.05) is 32.9 Å².